The molecule has 4 nitrogen and oxygen atoms in total. The molecule has 14 heavy (non-hydrogen) atoms. The Morgan fingerprint density at radius 3 is 2.57 bits per heavy atom. The van der Waals surface area contributed by atoms with E-state index in [2.05, 4.69) is 5.43 Å². The molecule has 0 fully saturated rings. The van der Waals surface area contributed by atoms with Crippen molar-refractivity contribution in [2.24, 2.45) is 0 Å². The second-order valence-electron chi connectivity index (χ2n) is 2.89. The van der Waals surface area contributed by atoms with Crippen LogP contribution < -0.4 is 5.43 Å². The predicted octanol–water partition coefficient (Wildman–Crippen LogP) is 0.696. The summed E-state index contributed by atoms with van der Waals surface area (Å²) in [5, 5.41) is 1.21. The lowest BCUT2D eigenvalue weighted by Gasteiger charge is -2.16. The van der Waals surface area contributed by atoms with Crippen LogP contribution in [0.3, 0.4) is 0 Å². The van der Waals surface area contributed by atoms with Gasteiger partial charge in [-0.1, -0.05) is 30.3 Å². The van der Waals surface area contributed by atoms with Gasteiger partial charge in [-0.2, -0.15) is 0 Å². The second-order valence-corrected chi connectivity index (χ2v) is 2.89. The molecule has 1 aromatic rings. The van der Waals surface area contributed by atoms with Gasteiger partial charge in [-0.3, -0.25) is 20.0 Å². The van der Waals surface area contributed by atoms with E-state index >= 15 is 0 Å². The largest absolute Gasteiger partial charge is 0.277 e. The van der Waals surface area contributed by atoms with E-state index in [9.17, 15) is 9.59 Å². The topological polar surface area (TPSA) is 49.4 Å². The van der Waals surface area contributed by atoms with Crippen molar-refractivity contribution in [3.63, 3.8) is 0 Å². The molecule has 0 spiro atoms. The van der Waals surface area contributed by atoms with Crippen LogP contribution in [0.2, 0.25) is 0 Å². The first kappa shape index (κ1) is 10.2. The summed E-state index contributed by atoms with van der Waals surface area (Å²) in [4.78, 5) is 21.2. The molecule has 0 aliphatic carbocycles. The number of amides is 2. The van der Waals surface area contributed by atoms with Crippen LogP contribution in [0, 0.1) is 0 Å². The van der Waals surface area contributed by atoms with Crippen LogP contribution in [-0.2, 0) is 16.1 Å². The molecule has 0 unspecified atom stereocenters. The quantitative estimate of drug-likeness (QED) is 0.563. The van der Waals surface area contributed by atoms with Crippen LogP contribution in [0.1, 0.15) is 12.5 Å². The zero-order valence-electron chi connectivity index (χ0n) is 7.93. The van der Waals surface area contributed by atoms with Gasteiger partial charge in [0.1, 0.15) is 0 Å². The summed E-state index contributed by atoms with van der Waals surface area (Å²) in [5.41, 5.74) is 3.37. The maximum Gasteiger partial charge on any atom is 0.235 e. The fraction of sp³-hybridized carbons (Fsp3) is 0.200. The first-order chi connectivity index (χ1) is 6.72. The Hall–Kier alpha value is -1.84. The fourth-order valence-electron chi connectivity index (χ4n) is 1.09. The third-order valence-electron chi connectivity index (χ3n) is 1.62. The number of hydrogen-bond donors (Lipinski definition) is 1. The third kappa shape index (κ3) is 3.26. The molecule has 0 saturated carbocycles. The van der Waals surface area contributed by atoms with E-state index in [1.54, 1.807) is 0 Å². The lowest BCUT2D eigenvalue weighted by molar-refractivity contribution is -0.132. The zero-order valence-corrected chi connectivity index (χ0v) is 7.93. The van der Waals surface area contributed by atoms with Gasteiger partial charge in [-0.05, 0) is 5.56 Å². The average Bonchev–Trinajstić information content (AvgIpc) is 2.17. The van der Waals surface area contributed by atoms with Crippen LogP contribution in [0.4, 0.5) is 0 Å². The van der Waals surface area contributed by atoms with Crippen LogP contribution in [-0.4, -0.2) is 17.3 Å². The Morgan fingerprint density at radius 2 is 2.07 bits per heavy atom. The Kier molecular flexibility index (Phi) is 3.67. The van der Waals surface area contributed by atoms with Gasteiger partial charge >= 0.3 is 0 Å². The van der Waals surface area contributed by atoms with Gasteiger partial charge in [0.15, 0.2) is 0 Å². The smallest absolute Gasteiger partial charge is 0.235 e. The summed E-state index contributed by atoms with van der Waals surface area (Å²) in [6, 6.07) is 9.43. The Morgan fingerprint density at radius 1 is 1.43 bits per heavy atom. The number of hydrazine groups is 1. The summed E-state index contributed by atoms with van der Waals surface area (Å²) in [6.07, 6.45) is 0.592. The van der Waals surface area contributed by atoms with Gasteiger partial charge in [-0.25, -0.2) is 0 Å². The van der Waals surface area contributed by atoms with Crippen molar-refractivity contribution in [1.82, 2.24) is 10.4 Å². The summed E-state index contributed by atoms with van der Waals surface area (Å²) >= 11 is 0. The highest BCUT2D eigenvalue weighted by atomic mass is 16.2. The zero-order chi connectivity index (χ0) is 10.4. The fourth-order valence-corrected chi connectivity index (χ4v) is 1.09. The summed E-state index contributed by atoms with van der Waals surface area (Å²) < 4.78 is 0. The molecule has 0 atom stereocenters. The molecule has 74 valence electrons. The van der Waals surface area contributed by atoms with E-state index in [1.165, 1.54) is 11.9 Å². The van der Waals surface area contributed by atoms with Crippen molar-refractivity contribution in [3.05, 3.63) is 35.9 Å². The van der Waals surface area contributed by atoms with Gasteiger partial charge in [0.05, 0.1) is 6.54 Å². The number of carbonyl (C=O) groups is 2. The van der Waals surface area contributed by atoms with Crippen LogP contribution in [0.25, 0.3) is 0 Å². The molecule has 1 aromatic carbocycles. The Bertz CT molecular complexity index is 311. The predicted molar refractivity (Wildman–Crippen MR) is 51.9 cm³/mol. The van der Waals surface area contributed by atoms with E-state index in [1.807, 2.05) is 30.3 Å². The molecular formula is C10H12N2O2. The van der Waals surface area contributed by atoms with E-state index in [-0.39, 0.29) is 5.91 Å². The standard InChI is InChI=1S/C10H12N2O2/c1-9(14)11-12(8-13)7-10-5-3-2-4-6-10/h2-6,8H,7H2,1H3,(H,11,14). The van der Waals surface area contributed by atoms with Crippen LogP contribution in [0.15, 0.2) is 30.3 Å². The molecular weight excluding hydrogens is 180 g/mol. The van der Waals surface area contributed by atoms with Crippen molar-refractivity contribution in [2.75, 3.05) is 0 Å². The molecule has 2 amide bonds. The highest BCUT2D eigenvalue weighted by Gasteiger charge is 2.02. The number of nitrogens with one attached hydrogen (secondary N) is 1. The number of carbonyl (C=O) groups excluding carboxylic acids is 2. The van der Waals surface area contributed by atoms with E-state index in [0.717, 1.165) is 5.56 Å². The average molecular weight is 192 g/mol. The summed E-state index contributed by atoms with van der Waals surface area (Å²) in [5.74, 6) is -0.256. The van der Waals surface area contributed by atoms with Gasteiger partial charge in [0.25, 0.3) is 0 Å². The van der Waals surface area contributed by atoms with Gasteiger partial charge in [0, 0.05) is 6.92 Å². The molecule has 0 saturated heterocycles. The highest BCUT2D eigenvalue weighted by molar-refractivity contribution is 5.73. The molecule has 0 heterocycles. The minimum Gasteiger partial charge on any atom is -0.277 e. The second kappa shape index (κ2) is 5.01. The SMILES string of the molecule is CC(=O)NN(C=O)Cc1ccccc1. The van der Waals surface area contributed by atoms with Crippen LogP contribution >= 0.6 is 0 Å². The highest BCUT2D eigenvalue weighted by Crippen LogP contribution is 2.00. The summed E-state index contributed by atoms with van der Waals surface area (Å²) in [7, 11) is 0. The molecule has 4 heteroatoms. The number of benzene rings is 1. The van der Waals surface area contributed by atoms with Crippen molar-refractivity contribution in [1.29, 1.82) is 0 Å². The maximum atomic E-state index is 10.7. The number of nitrogens with zero attached hydrogens (tertiary/aromatic N) is 1. The van der Waals surface area contributed by atoms with Crippen molar-refractivity contribution < 1.29 is 9.59 Å². The van der Waals surface area contributed by atoms with Gasteiger partial charge in [0.2, 0.25) is 12.3 Å². The number of rotatable bonds is 4. The van der Waals surface area contributed by atoms with E-state index in [0.29, 0.717) is 13.0 Å². The first-order valence-corrected chi connectivity index (χ1v) is 4.25. The molecule has 1 rings (SSSR count). The molecule has 0 radical (unpaired) electrons. The number of hydrogen-bond acceptors (Lipinski definition) is 2. The molecule has 0 aliphatic heterocycles. The molecule has 1 N–H and O–H groups in total. The van der Waals surface area contributed by atoms with Crippen molar-refractivity contribution >= 4 is 12.3 Å². The Labute approximate surface area is 82.5 Å². The lowest BCUT2D eigenvalue weighted by atomic mass is 10.2. The van der Waals surface area contributed by atoms with Gasteiger partial charge < -0.3 is 0 Å². The third-order valence-corrected chi connectivity index (χ3v) is 1.62. The van der Waals surface area contributed by atoms with E-state index < -0.39 is 0 Å². The Balaban J connectivity index is 2.57. The molecule has 0 bridgehead atoms. The maximum absolute atomic E-state index is 10.7. The summed E-state index contributed by atoms with van der Waals surface area (Å²) in [6.45, 7) is 1.74. The van der Waals surface area contributed by atoms with Crippen molar-refractivity contribution in [3.8, 4) is 0 Å². The van der Waals surface area contributed by atoms with Gasteiger partial charge in [-0.15, -0.1) is 0 Å². The monoisotopic (exact) mass is 192 g/mol. The normalized spacial score (nSPS) is 9.21. The molecule has 0 aromatic heterocycles. The molecule has 0 aliphatic rings. The minimum absolute atomic E-state index is 0.256. The lowest BCUT2D eigenvalue weighted by Crippen LogP contribution is -2.39. The first-order valence-electron chi connectivity index (χ1n) is 4.25. The van der Waals surface area contributed by atoms with Crippen LogP contribution in [0.5, 0.6) is 0 Å². The van der Waals surface area contributed by atoms with Crippen molar-refractivity contribution in [2.45, 2.75) is 13.5 Å². The van der Waals surface area contributed by atoms with E-state index in [4.69, 9.17) is 0 Å². The minimum atomic E-state index is -0.256.